The van der Waals surface area contributed by atoms with E-state index in [1.807, 2.05) is 21.1 Å². The maximum Gasteiger partial charge on any atom is 0.307 e. The van der Waals surface area contributed by atoms with E-state index in [9.17, 15) is 9.59 Å². The maximum atomic E-state index is 12.0. The van der Waals surface area contributed by atoms with Crippen molar-refractivity contribution in [1.29, 1.82) is 0 Å². The zero-order chi connectivity index (χ0) is 22.7. The predicted molar refractivity (Wildman–Crippen MR) is 124 cm³/mol. The predicted octanol–water partition coefficient (Wildman–Crippen LogP) is 6.12. The Kier molecular flexibility index (Phi) is 17.6. The van der Waals surface area contributed by atoms with Crippen LogP contribution in [0, 0.1) is 0 Å². The maximum absolute atomic E-state index is 12.0. The van der Waals surface area contributed by atoms with E-state index in [-0.39, 0.29) is 12.4 Å². The summed E-state index contributed by atoms with van der Waals surface area (Å²) in [6.45, 7) is 2.76. The van der Waals surface area contributed by atoms with Gasteiger partial charge in [0.05, 0.1) is 27.6 Å². The molecule has 0 aliphatic heterocycles. The van der Waals surface area contributed by atoms with Crippen molar-refractivity contribution in [3.8, 4) is 0 Å². The van der Waals surface area contributed by atoms with Crippen LogP contribution in [-0.4, -0.2) is 55.3 Å². The molecule has 0 saturated heterocycles. The molecule has 1 N–H and O–H groups in total. The molecule has 0 spiro atoms. The number of hydrogen-bond donors (Lipinski definition) is 1. The summed E-state index contributed by atoms with van der Waals surface area (Å²) < 4.78 is 5.97. The summed E-state index contributed by atoms with van der Waals surface area (Å²) in [4.78, 5) is 23.0. The fourth-order valence-corrected chi connectivity index (χ4v) is 3.53. The Morgan fingerprint density at radius 3 is 1.83 bits per heavy atom. The number of nitrogens with zero attached hydrogens (tertiary/aromatic N) is 1. The van der Waals surface area contributed by atoms with Gasteiger partial charge in [-0.15, -0.1) is 0 Å². The van der Waals surface area contributed by atoms with Crippen LogP contribution in [0.2, 0.25) is 0 Å². The van der Waals surface area contributed by atoms with E-state index in [1.54, 1.807) is 0 Å². The molecule has 0 amide bonds. The number of carboxylic acid groups (broad SMARTS) is 1. The third-order valence-electron chi connectivity index (χ3n) is 5.09. The standard InChI is InChI=1S/C25H47NO4/c1-5-6-7-8-9-10-11-12-13-14-15-16-17-18-19-20-25(29)30-23(21-24(27)28)22-26(2,3)4/h15-16,23H,5-14,17-22H2,1-4H3/p+1/b16-15+. The van der Waals surface area contributed by atoms with E-state index in [2.05, 4.69) is 19.1 Å². The Morgan fingerprint density at radius 1 is 0.833 bits per heavy atom. The highest BCUT2D eigenvalue weighted by Gasteiger charge is 2.24. The van der Waals surface area contributed by atoms with Gasteiger partial charge in [-0.1, -0.05) is 70.4 Å². The zero-order valence-electron chi connectivity index (χ0n) is 20.2. The van der Waals surface area contributed by atoms with Crippen molar-refractivity contribution >= 4 is 11.9 Å². The van der Waals surface area contributed by atoms with E-state index < -0.39 is 12.1 Å². The highest BCUT2D eigenvalue weighted by Crippen LogP contribution is 2.12. The summed E-state index contributed by atoms with van der Waals surface area (Å²) in [5.41, 5.74) is 0. The van der Waals surface area contributed by atoms with Crippen molar-refractivity contribution in [1.82, 2.24) is 0 Å². The number of carboxylic acids is 1. The van der Waals surface area contributed by atoms with E-state index in [0.717, 1.165) is 25.7 Å². The second kappa shape index (κ2) is 18.4. The number of allylic oxidation sites excluding steroid dienone is 2. The van der Waals surface area contributed by atoms with E-state index in [4.69, 9.17) is 9.84 Å². The molecule has 0 aliphatic rings. The van der Waals surface area contributed by atoms with Crippen molar-refractivity contribution in [2.24, 2.45) is 0 Å². The minimum absolute atomic E-state index is 0.136. The van der Waals surface area contributed by atoms with Crippen LogP contribution in [0.15, 0.2) is 12.2 Å². The molecule has 0 aromatic heterocycles. The number of quaternary nitrogens is 1. The van der Waals surface area contributed by atoms with Crippen LogP contribution < -0.4 is 0 Å². The van der Waals surface area contributed by atoms with Gasteiger partial charge in [0.2, 0.25) is 0 Å². The van der Waals surface area contributed by atoms with Crippen molar-refractivity contribution < 1.29 is 23.9 Å². The number of likely N-dealkylation sites (N-methyl/N-ethyl adjacent to an activating group) is 1. The lowest BCUT2D eigenvalue weighted by atomic mass is 10.1. The van der Waals surface area contributed by atoms with Crippen molar-refractivity contribution in [2.75, 3.05) is 27.7 Å². The van der Waals surface area contributed by atoms with Crippen LogP contribution in [0.5, 0.6) is 0 Å². The first kappa shape index (κ1) is 28.6. The largest absolute Gasteiger partial charge is 0.481 e. The number of aliphatic carboxylic acids is 1. The van der Waals surface area contributed by atoms with Crippen molar-refractivity contribution in [3.05, 3.63) is 12.2 Å². The topological polar surface area (TPSA) is 63.6 Å². The smallest absolute Gasteiger partial charge is 0.307 e. The number of carbonyl (C=O) groups is 2. The van der Waals surface area contributed by atoms with Gasteiger partial charge < -0.3 is 14.3 Å². The number of carbonyl (C=O) groups excluding carboxylic acids is 1. The van der Waals surface area contributed by atoms with Gasteiger partial charge in [-0.3, -0.25) is 9.59 Å². The number of esters is 1. The average molecular weight is 427 g/mol. The van der Waals surface area contributed by atoms with Crippen LogP contribution in [0.1, 0.15) is 103 Å². The fraction of sp³-hybridized carbons (Fsp3) is 0.840. The van der Waals surface area contributed by atoms with E-state index >= 15 is 0 Å². The number of hydrogen-bond acceptors (Lipinski definition) is 3. The normalized spacial score (nSPS) is 12.9. The lowest BCUT2D eigenvalue weighted by Gasteiger charge is -2.28. The Morgan fingerprint density at radius 2 is 1.33 bits per heavy atom. The molecule has 0 aromatic rings. The lowest BCUT2D eigenvalue weighted by Crippen LogP contribution is -2.43. The molecular formula is C25H48NO4+. The van der Waals surface area contributed by atoms with Gasteiger partial charge in [-0.25, -0.2) is 0 Å². The monoisotopic (exact) mass is 426 g/mol. The first-order valence-corrected chi connectivity index (χ1v) is 12.1. The number of unbranched alkanes of at least 4 members (excludes halogenated alkanes) is 11. The molecule has 0 aromatic carbocycles. The summed E-state index contributed by atoms with van der Waals surface area (Å²) in [7, 11) is 5.89. The SMILES string of the molecule is CCCCCCCCCCC/C=C/CCCCC(=O)OC(CC(=O)O)C[N+](C)(C)C. The van der Waals surface area contributed by atoms with Crippen LogP contribution in [0.3, 0.4) is 0 Å². The molecule has 0 saturated carbocycles. The second-order valence-corrected chi connectivity index (χ2v) is 9.52. The van der Waals surface area contributed by atoms with Gasteiger partial charge in [0.25, 0.3) is 0 Å². The second-order valence-electron chi connectivity index (χ2n) is 9.52. The first-order chi connectivity index (χ1) is 14.2. The fourth-order valence-electron chi connectivity index (χ4n) is 3.53. The molecule has 176 valence electrons. The summed E-state index contributed by atoms with van der Waals surface area (Å²) in [5, 5.41) is 9.00. The van der Waals surface area contributed by atoms with Gasteiger partial charge in [0, 0.05) is 6.42 Å². The molecule has 5 nitrogen and oxygen atoms in total. The molecule has 0 radical (unpaired) electrons. The molecule has 0 aliphatic carbocycles. The van der Waals surface area contributed by atoms with E-state index in [0.29, 0.717) is 17.4 Å². The highest BCUT2D eigenvalue weighted by molar-refractivity contribution is 5.71. The third-order valence-corrected chi connectivity index (χ3v) is 5.09. The van der Waals surface area contributed by atoms with Gasteiger partial charge in [-0.05, 0) is 32.1 Å². The van der Waals surface area contributed by atoms with Crippen LogP contribution >= 0.6 is 0 Å². The summed E-state index contributed by atoms with van der Waals surface area (Å²) >= 11 is 0. The summed E-state index contributed by atoms with van der Waals surface area (Å²) in [5.74, 6) is -1.22. The van der Waals surface area contributed by atoms with Crippen LogP contribution in [-0.2, 0) is 14.3 Å². The summed E-state index contributed by atoms with van der Waals surface area (Å²) in [6.07, 6.45) is 20.3. The number of ether oxygens (including phenoxy) is 1. The lowest BCUT2D eigenvalue weighted by molar-refractivity contribution is -0.873. The molecule has 0 bridgehead atoms. The molecule has 30 heavy (non-hydrogen) atoms. The minimum Gasteiger partial charge on any atom is -0.481 e. The Hall–Kier alpha value is -1.36. The molecule has 5 heteroatoms. The Balaban J connectivity index is 3.67. The summed E-state index contributed by atoms with van der Waals surface area (Å²) in [6, 6.07) is 0. The average Bonchev–Trinajstić information content (AvgIpc) is 2.63. The van der Waals surface area contributed by atoms with Crippen molar-refractivity contribution in [2.45, 2.75) is 109 Å². The van der Waals surface area contributed by atoms with Gasteiger partial charge in [-0.2, -0.15) is 0 Å². The van der Waals surface area contributed by atoms with Gasteiger partial charge >= 0.3 is 11.9 Å². The first-order valence-electron chi connectivity index (χ1n) is 12.1. The Labute approximate surface area is 185 Å². The number of rotatable bonds is 20. The molecule has 1 atom stereocenters. The van der Waals surface area contributed by atoms with E-state index in [1.165, 1.54) is 57.8 Å². The highest BCUT2D eigenvalue weighted by atomic mass is 16.5. The molecule has 1 unspecified atom stereocenters. The zero-order valence-corrected chi connectivity index (χ0v) is 20.2. The molecule has 0 fully saturated rings. The quantitative estimate of drug-likeness (QED) is 0.110. The van der Waals surface area contributed by atoms with Crippen molar-refractivity contribution in [3.63, 3.8) is 0 Å². The Bertz CT molecular complexity index is 468. The van der Waals surface area contributed by atoms with Crippen LogP contribution in [0.25, 0.3) is 0 Å². The molecule has 0 heterocycles. The van der Waals surface area contributed by atoms with Crippen LogP contribution in [0.4, 0.5) is 0 Å². The third kappa shape index (κ3) is 21.4. The van der Waals surface area contributed by atoms with Gasteiger partial charge in [0.1, 0.15) is 6.54 Å². The molecular weight excluding hydrogens is 378 g/mol. The molecule has 0 rings (SSSR count). The van der Waals surface area contributed by atoms with Gasteiger partial charge in [0.15, 0.2) is 6.10 Å². The minimum atomic E-state index is -0.932.